The van der Waals surface area contributed by atoms with Gasteiger partial charge in [-0.1, -0.05) is 13.0 Å². The third kappa shape index (κ3) is 2.93. The van der Waals surface area contributed by atoms with E-state index in [4.69, 9.17) is 4.74 Å². The number of methoxy groups -OCH3 is 1. The highest BCUT2D eigenvalue weighted by Crippen LogP contribution is 2.25. The zero-order valence-corrected chi connectivity index (χ0v) is 11.4. The normalized spacial score (nSPS) is 12.4. The van der Waals surface area contributed by atoms with E-state index in [-0.39, 0.29) is 17.6 Å². The lowest BCUT2D eigenvalue weighted by Crippen LogP contribution is -2.22. The molecule has 0 amide bonds. The van der Waals surface area contributed by atoms with Crippen LogP contribution in [-0.4, -0.2) is 23.4 Å². The Morgan fingerprint density at radius 1 is 1.42 bits per heavy atom. The molecule has 2 aromatic rings. The quantitative estimate of drug-likeness (QED) is 0.899. The first-order chi connectivity index (χ1) is 9.15. The summed E-state index contributed by atoms with van der Waals surface area (Å²) >= 11 is 0. The number of hydrogen-bond acceptors (Lipinski definition) is 3. The Labute approximate surface area is 112 Å². The largest absolute Gasteiger partial charge is 0.494 e. The Hall–Kier alpha value is -1.88. The molecule has 4 nitrogen and oxygen atoms in total. The van der Waals surface area contributed by atoms with Gasteiger partial charge >= 0.3 is 0 Å². The molecular weight excluding hydrogens is 245 g/mol. The molecule has 0 bridgehead atoms. The van der Waals surface area contributed by atoms with Gasteiger partial charge in [-0.15, -0.1) is 0 Å². The van der Waals surface area contributed by atoms with Gasteiger partial charge in [-0.3, -0.25) is 4.68 Å². The molecule has 2 rings (SSSR count). The molecule has 0 aliphatic heterocycles. The number of hydrogen-bond donors (Lipinski definition) is 1. The minimum absolute atomic E-state index is 0.119. The van der Waals surface area contributed by atoms with E-state index in [2.05, 4.69) is 10.4 Å². The first-order valence-electron chi connectivity index (χ1n) is 6.22. The van der Waals surface area contributed by atoms with E-state index in [0.29, 0.717) is 0 Å². The predicted octanol–water partition coefficient (Wildman–Crippen LogP) is 2.27. The summed E-state index contributed by atoms with van der Waals surface area (Å²) < 4.78 is 20.5. The molecule has 1 unspecified atom stereocenters. The van der Waals surface area contributed by atoms with Gasteiger partial charge in [-0.05, 0) is 30.3 Å². The molecule has 0 aliphatic rings. The van der Waals surface area contributed by atoms with E-state index in [1.54, 1.807) is 10.7 Å². The average molecular weight is 263 g/mol. The van der Waals surface area contributed by atoms with Crippen LogP contribution >= 0.6 is 0 Å². The van der Waals surface area contributed by atoms with Gasteiger partial charge in [0.2, 0.25) is 0 Å². The number of ether oxygens (including phenoxy) is 1. The van der Waals surface area contributed by atoms with Crippen LogP contribution in [0.1, 0.15) is 24.2 Å². The van der Waals surface area contributed by atoms with E-state index in [9.17, 15) is 4.39 Å². The summed E-state index contributed by atoms with van der Waals surface area (Å²) in [7, 11) is 3.32. The number of aryl methyl sites for hydroxylation is 1. The summed E-state index contributed by atoms with van der Waals surface area (Å²) in [5.41, 5.74) is 1.70. The van der Waals surface area contributed by atoms with Crippen molar-refractivity contribution in [3.8, 4) is 5.75 Å². The van der Waals surface area contributed by atoms with Gasteiger partial charge in [0.15, 0.2) is 11.6 Å². The van der Waals surface area contributed by atoms with Crippen LogP contribution in [0.4, 0.5) is 4.39 Å². The molecule has 1 atom stereocenters. The number of halogens is 1. The molecule has 1 heterocycles. The fourth-order valence-electron chi connectivity index (χ4n) is 2.05. The second-order valence-electron chi connectivity index (χ2n) is 4.30. The van der Waals surface area contributed by atoms with Gasteiger partial charge in [0.05, 0.1) is 18.8 Å². The minimum Gasteiger partial charge on any atom is -0.494 e. The maximum atomic E-state index is 13.8. The number of benzene rings is 1. The molecule has 0 radical (unpaired) electrons. The molecule has 19 heavy (non-hydrogen) atoms. The maximum Gasteiger partial charge on any atom is 0.165 e. The van der Waals surface area contributed by atoms with Crippen molar-refractivity contribution in [3.63, 3.8) is 0 Å². The predicted molar refractivity (Wildman–Crippen MR) is 71.7 cm³/mol. The molecule has 1 aromatic heterocycles. The molecule has 5 heteroatoms. The third-order valence-corrected chi connectivity index (χ3v) is 2.95. The maximum absolute atomic E-state index is 13.8. The van der Waals surface area contributed by atoms with E-state index in [0.717, 1.165) is 17.8 Å². The Balaban J connectivity index is 2.36. The van der Waals surface area contributed by atoms with Crippen molar-refractivity contribution in [2.45, 2.75) is 13.0 Å². The highest BCUT2D eigenvalue weighted by atomic mass is 19.1. The van der Waals surface area contributed by atoms with Crippen LogP contribution in [0.5, 0.6) is 5.75 Å². The molecule has 1 aromatic carbocycles. The first-order valence-corrected chi connectivity index (χ1v) is 6.22. The van der Waals surface area contributed by atoms with Gasteiger partial charge in [-0.25, -0.2) is 4.39 Å². The summed E-state index contributed by atoms with van der Waals surface area (Å²) in [6.07, 6.45) is 1.87. The van der Waals surface area contributed by atoms with Gasteiger partial charge in [0.25, 0.3) is 0 Å². The highest BCUT2D eigenvalue weighted by molar-refractivity contribution is 5.34. The van der Waals surface area contributed by atoms with E-state index in [1.807, 2.05) is 32.3 Å². The van der Waals surface area contributed by atoms with Crippen molar-refractivity contribution >= 4 is 0 Å². The molecule has 0 saturated carbocycles. The van der Waals surface area contributed by atoms with Gasteiger partial charge in [0.1, 0.15) is 0 Å². The molecule has 0 aliphatic carbocycles. The van der Waals surface area contributed by atoms with Crippen molar-refractivity contribution in [3.05, 3.63) is 47.5 Å². The topological polar surface area (TPSA) is 39.1 Å². The lowest BCUT2D eigenvalue weighted by molar-refractivity contribution is 0.385. The Bertz CT molecular complexity index is 553. The molecule has 0 spiro atoms. The molecule has 0 saturated heterocycles. The van der Waals surface area contributed by atoms with Crippen LogP contribution in [0, 0.1) is 5.82 Å². The number of aromatic nitrogens is 2. The summed E-state index contributed by atoms with van der Waals surface area (Å²) in [5.74, 6) is -0.112. The third-order valence-electron chi connectivity index (χ3n) is 2.95. The summed E-state index contributed by atoms with van der Waals surface area (Å²) in [6, 6.07) is 6.78. The molecular formula is C14H18FN3O. The smallest absolute Gasteiger partial charge is 0.165 e. The van der Waals surface area contributed by atoms with Crippen molar-refractivity contribution < 1.29 is 9.13 Å². The fourth-order valence-corrected chi connectivity index (χ4v) is 2.05. The summed E-state index contributed by atoms with van der Waals surface area (Å²) in [5, 5.41) is 7.69. The van der Waals surface area contributed by atoms with Crippen molar-refractivity contribution in [2.24, 2.45) is 7.05 Å². The van der Waals surface area contributed by atoms with Gasteiger partial charge in [-0.2, -0.15) is 5.10 Å². The van der Waals surface area contributed by atoms with E-state index < -0.39 is 0 Å². The van der Waals surface area contributed by atoms with Crippen LogP contribution in [0.3, 0.4) is 0 Å². The van der Waals surface area contributed by atoms with Crippen LogP contribution in [-0.2, 0) is 7.05 Å². The van der Waals surface area contributed by atoms with Gasteiger partial charge < -0.3 is 10.1 Å². The Morgan fingerprint density at radius 3 is 2.74 bits per heavy atom. The summed E-state index contributed by atoms with van der Waals surface area (Å²) in [6.45, 7) is 2.78. The zero-order valence-electron chi connectivity index (χ0n) is 11.4. The van der Waals surface area contributed by atoms with Crippen LogP contribution < -0.4 is 10.1 Å². The van der Waals surface area contributed by atoms with Crippen molar-refractivity contribution in [2.75, 3.05) is 13.7 Å². The fraction of sp³-hybridized carbons (Fsp3) is 0.357. The Morgan fingerprint density at radius 2 is 2.21 bits per heavy atom. The van der Waals surface area contributed by atoms with Crippen LogP contribution in [0.15, 0.2) is 30.5 Å². The minimum atomic E-state index is -0.362. The second-order valence-corrected chi connectivity index (χ2v) is 4.30. The van der Waals surface area contributed by atoms with Gasteiger partial charge in [0, 0.05) is 13.2 Å². The lowest BCUT2D eigenvalue weighted by atomic mass is 10.0. The number of nitrogens with zero attached hydrogens (tertiary/aromatic N) is 2. The zero-order chi connectivity index (χ0) is 13.8. The molecule has 102 valence electrons. The average Bonchev–Trinajstić information content (AvgIpc) is 2.82. The number of rotatable bonds is 5. The van der Waals surface area contributed by atoms with Crippen molar-refractivity contribution in [1.29, 1.82) is 0 Å². The second kappa shape index (κ2) is 5.84. The lowest BCUT2D eigenvalue weighted by Gasteiger charge is -2.17. The molecule has 0 fully saturated rings. The van der Waals surface area contributed by atoms with E-state index >= 15 is 0 Å². The van der Waals surface area contributed by atoms with E-state index in [1.165, 1.54) is 13.2 Å². The first kappa shape index (κ1) is 13.5. The molecule has 1 N–H and O–H groups in total. The van der Waals surface area contributed by atoms with Crippen LogP contribution in [0.25, 0.3) is 0 Å². The highest BCUT2D eigenvalue weighted by Gasteiger charge is 2.17. The number of nitrogens with one attached hydrogen (secondary N) is 1. The SMILES string of the molecule is CCNC(c1ccc(OC)c(F)c1)c1ccn(C)n1. The van der Waals surface area contributed by atoms with Crippen molar-refractivity contribution in [1.82, 2.24) is 15.1 Å². The van der Waals surface area contributed by atoms with Crippen LogP contribution in [0.2, 0.25) is 0 Å². The summed E-state index contributed by atoms with van der Waals surface area (Å²) in [4.78, 5) is 0. The monoisotopic (exact) mass is 263 g/mol. The standard InChI is InChI=1S/C14H18FN3O/c1-4-16-14(12-7-8-18(2)17-12)10-5-6-13(19-3)11(15)9-10/h5-9,14,16H,4H2,1-3H3. The Kier molecular flexibility index (Phi) is 4.16.